The first-order chi connectivity index (χ1) is 4.31. The molecule has 0 aliphatic carbocycles. The van der Waals surface area contributed by atoms with Crippen molar-refractivity contribution in [2.75, 3.05) is 20.1 Å². The number of carbonyl (C=O) groups is 1. The molecule has 0 aromatic rings. The molecular formula is C6H10N2O. The maximum atomic E-state index is 9.85. The van der Waals surface area contributed by atoms with Gasteiger partial charge in [-0.25, -0.2) is 0 Å². The lowest BCUT2D eigenvalue weighted by molar-refractivity contribution is -0.108. The standard InChI is InChI=1S/C6H10N2O/c1-8(5-6-9)4-2-3-7/h6H,2,4-5H2,1H3. The number of hydrogen-bond acceptors (Lipinski definition) is 3. The Hall–Kier alpha value is -0.880. The van der Waals surface area contributed by atoms with Crippen LogP contribution in [-0.2, 0) is 4.79 Å². The second-order valence-electron chi connectivity index (χ2n) is 1.84. The third-order valence-corrected chi connectivity index (χ3v) is 0.992. The SMILES string of the molecule is CN(CC=O)CCC#N. The summed E-state index contributed by atoms with van der Waals surface area (Å²) in [6, 6.07) is 2.00. The van der Waals surface area contributed by atoms with E-state index in [-0.39, 0.29) is 0 Å². The van der Waals surface area contributed by atoms with Crippen LogP contribution in [0.4, 0.5) is 0 Å². The van der Waals surface area contributed by atoms with E-state index in [2.05, 4.69) is 0 Å². The fourth-order valence-corrected chi connectivity index (χ4v) is 0.459. The molecule has 0 saturated carbocycles. The number of hydrogen-bond donors (Lipinski definition) is 0. The van der Waals surface area contributed by atoms with E-state index in [4.69, 9.17) is 5.26 Å². The first-order valence-corrected chi connectivity index (χ1v) is 2.80. The molecule has 0 atom stereocenters. The largest absolute Gasteiger partial charge is 0.302 e. The van der Waals surface area contributed by atoms with Crippen molar-refractivity contribution >= 4 is 6.29 Å². The summed E-state index contributed by atoms with van der Waals surface area (Å²) in [6.07, 6.45) is 1.32. The van der Waals surface area contributed by atoms with Crippen LogP contribution in [0.15, 0.2) is 0 Å². The van der Waals surface area contributed by atoms with E-state index >= 15 is 0 Å². The van der Waals surface area contributed by atoms with Crippen molar-refractivity contribution in [3.8, 4) is 6.07 Å². The monoisotopic (exact) mass is 126 g/mol. The Morgan fingerprint density at radius 2 is 2.44 bits per heavy atom. The quantitative estimate of drug-likeness (QED) is 0.499. The fraction of sp³-hybridized carbons (Fsp3) is 0.667. The van der Waals surface area contributed by atoms with E-state index in [9.17, 15) is 4.79 Å². The van der Waals surface area contributed by atoms with E-state index in [1.165, 1.54) is 0 Å². The summed E-state index contributed by atoms with van der Waals surface area (Å²) in [5, 5.41) is 8.12. The van der Waals surface area contributed by atoms with Gasteiger partial charge in [0.1, 0.15) is 6.29 Å². The molecule has 0 unspecified atom stereocenters. The highest BCUT2D eigenvalue weighted by molar-refractivity contribution is 5.51. The lowest BCUT2D eigenvalue weighted by Gasteiger charge is -2.08. The lowest BCUT2D eigenvalue weighted by atomic mass is 10.4. The number of nitriles is 1. The summed E-state index contributed by atoms with van der Waals surface area (Å²) in [5.41, 5.74) is 0. The van der Waals surface area contributed by atoms with Gasteiger partial charge in [-0.1, -0.05) is 0 Å². The van der Waals surface area contributed by atoms with Gasteiger partial charge in [0.25, 0.3) is 0 Å². The van der Waals surface area contributed by atoms with Gasteiger partial charge in [-0.2, -0.15) is 5.26 Å². The van der Waals surface area contributed by atoms with Crippen LogP contribution in [0, 0.1) is 11.3 Å². The van der Waals surface area contributed by atoms with Crippen LogP contribution in [0.25, 0.3) is 0 Å². The zero-order valence-corrected chi connectivity index (χ0v) is 5.50. The number of nitrogens with zero attached hydrogens (tertiary/aromatic N) is 2. The van der Waals surface area contributed by atoms with Crippen LogP contribution in [0.5, 0.6) is 0 Å². The Kier molecular flexibility index (Phi) is 4.75. The van der Waals surface area contributed by atoms with Gasteiger partial charge in [0.05, 0.1) is 12.6 Å². The topological polar surface area (TPSA) is 44.1 Å². The van der Waals surface area contributed by atoms with Crippen LogP contribution in [-0.4, -0.2) is 31.3 Å². The average molecular weight is 126 g/mol. The molecular weight excluding hydrogens is 116 g/mol. The molecule has 0 radical (unpaired) electrons. The smallest absolute Gasteiger partial charge is 0.133 e. The molecule has 0 aliphatic rings. The van der Waals surface area contributed by atoms with Crippen LogP contribution in [0.2, 0.25) is 0 Å². The van der Waals surface area contributed by atoms with Gasteiger partial charge in [-0.3, -0.25) is 4.90 Å². The van der Waals surface area contributed by atoms with Gasteiger partial charge >= 0.3 is 0 Å². The minimum absolute atomic E-state index is 0.418. The fourth-order valence-electron chi connectivity index (χ4n) is 0.459. The minimum atomic E-state index is 0.418. The molecule has 0 spiro atoms. The average Bonchev–Trinajstić information content (AvgIpc) is 1.85. The highest BCUT2D eigenvalue weighted by atomic mass is 16.1. The van der Waals surface area contributed by atoms with E-state index in [1.54, 1.807) is 4.90 Å². The zero-order valence-electron chi connectivity index (χ0n) is 5.50. The predicted octanol–water partition coefficient (Wildman–Crippen LogP) is 0.0308. The molecule has 0 rings (SSSR count). The van der Waals surface area contributed by atoms with Crippen molar-refractivity contribution in [3.05, 3.63) is 0 Å². The third kappa shape index (κ3) is 4.98. The Morgan fingerprint density at radius 3 is 2.89 bits per heavy atom. The lowest BCUT2D eigenvalue weighted by Crippen LogP contribution is -2.21. The molecule has 0 aromatic heterocycles. The van der Waals surface area contributed by atoms with Crippen molar-refractivity contribution in [1.82, 2.24) is 4.90 Å². The minimum Gasteiger partial charge on any atom is -0.302 e. The van der Waals surface area contributed by atoms with Crippen molar-refractivity contribution in [1.29, 1.82) is 5.26 Å². The van der Waals surface area contributed by atoms with Gasteiger partial charge in [0, 0.05) is 13.0 Å². The van der Waals surface area contributed by atoms with Gasteiger partial charge < -0.3 is 4.79 Å². The molecule has 0 aromatic carbocycles. The number of likely N-dealkylation sites (N-methyl/N-ethyl adjacent to an activating group) is 1. The van der Waals surface area contributed by atoms with Crippen LogP contribution >= 0.6 is 0 Å². The van der Waals surface area contributed by atoms with E-state index in [0.717, 1.165) is 6.29 Å². The van der Waals surface area contributed by atoms with Crippen molar-refractivity contribution in [3.63, 3.8) is 0 Å². The molecule has 0 bridgehead atoms. The summed E-state index contributed by atoms with van der Waals surface area (Å²) >= 11 is 0. The molecule has 0 saturated heterocycles. The van der Waals surface area contributed by atoms with E-state index < -0.39 is 0 Å². The van der Waals surface area contributed by atoms with Crippen LogP contribution < -0.4 is 0 Å². The van der Waals surface area contributed by atoms with Gasteiger partial charge in [0.2, 0.25) is 0 Å². The summed E-state index contributed by atoms with van der Waals surface area (Å²) in [4.78, 5) is 11.7. The van der Waals surface area contributed by atoms with Crippen molar-refractivity contribution in [2.45, 2.75) is 6.42 Å². The summed E-state index contributed by atoms with van der Waals surface area (Å²) < 4.78 is 0. The summed E-state index contributed by atoms with van der Waals surface area (Å²) in [6.45, 7) is 1.09. The van der Waals surface area contributed by atoms with Gasteiger partial charge in [0.15, 0.2) is 0 Å². The third-order valence-electron chi connectivity index (χ3n) is 0.992. The second kappa shape index (κ2) is 5.26. The molecule has 3 nitrogen and oxygen atoms in total. The van der Waals surface area contributed by atoms with Crippen molar-refractivity contribution in [2.24, 2.45) is 0 Å². The number of aldehydes is 1. The highest BCUT2D eigenvalue weighted by Gasteiger charge is 1.92. The number of rotatable bonds is 4. The molecule has 0 amide bonds. The maximum Gasteiger partial charge on any atom is 0.133 e. The Bertz CT molecular complexity index is 117. The predicted molar refractivity (Wildman–Crippen MR) is 33.8 cm³/mol. The van der Waals surface area contributed by atoms with Gasteiger partial charge in [-0.15, -0.1) is 0 Å². The molecule has 0 aliphatic heterocycles. The normalized spacial score (nSPS) is 9.00. The first-order valence-electron chi connectivity index (χ1n) is 2.80. The van der Waals surface area contributed by atoms with Crippen LogP contribution in [0.1, 0.15) is 6.42 Å². The van der Waals surface area contributed by atoms with E-state index in [0.29, 0.717) is 19.5 Å². The summed E-state index contributed by atoms with van der Waals surface area (Å²) in [5.74, 6) is 0. The number of carbonyl (C=O) groups excluding carboxylic acids is 1. The molecule has 0 heterocycles. The Morgan fingerprint density at radius 1 is 1.78 bits per heavy atom. The van der Waals surface area contributed by atoms with E-state index in [1.807, 2.05) is 13.1 Å². The molecule has 0 fully saturated rings. The van der Waals surface area contributed by atoms with Gasteiger partial charge in [-0.05, 0) is 7.05 Å². The second-order valence-corrected chi connectivity index (χ2v) is 1.84. The zero-order chi connectivity index (χ0) is 7.11. The Balaban J connectivity index is 3.17. The van der Waals surface area contributed by atoms with Crippen molar-refractivity contribution < 1.29 is 4.79 Å². The van der Waals surface area contributed by atoms with Crippen LogP contribution in [0.3, 0.4) is 0 Å². The maximum absolute atomic E-state index is 9.85. The Labute approximate surface area is 54.9 Å². The molecule has 0 N–H and O–H groups in total. The summed E-state index contributed by atoms with van der Waals surface area (Å²) in [7, 11) is 1.81. The first kappa shape index (κ1) is 8.12. The highest BCUT2D eigenvalue weighted by Crippen LogP contribution is 1.81. The molecule has 3 heteroatoms. The molecule has 9 heavy (non-hydrogen) atoms. The molecule has 50 valence electrons.